The number of carbonyl (C=O) groups is 2. The molecule has 0 spiro atoms. The molecule has 0 unspecified atom stereocenters. The van der Waals surface area contributed by atoms with Crippen LogP contribution in [0.3, 0.4) is 0 Å². The third-order valence-electron chi connectivity index (χ3n) is 4.01. The number of esters is 1. The molecule has 2 rings (SSSR count). The van der Waals surface area contributed by atoms with Crippen molar-refractivity contribution < 1.29 is 23.6 Å². The van der Waals surface area contributed by atoms with Gasteiger partial charge in [-0.25, -0.2) is 9.18 Å². The number of nitro groups is 1. The molecule has 0 aliphatic rings. The maximum absolute atomic E-state index is 13.0. The highest BCUT2D eigenvalue weighted by Crippen LogP contribution is 2.20. The van der Waals surface area contributed by atoms with E-state index in [2.05, 4.69) is 5.32 Å². The molecule has 2 atom stereocenters. The van der Waals surface area contributed by atoms with Crippen molar-refractivity contribution in [3.8, 4) is 0 Å². The zero-order chi connectivity index (χ0) is 20.1. The van der Waals surface area contributed by atoms with Gasteiger partial charge in [-0.1, -0.05) is 12.1 Å². The van der Waals surface area contributed by atoms with E-state index in [0.717, 1.165) is 0 Å². The Balaban J connectivity index is 1.99. The van der Waals surface area contributed by atoms with E-state index in [9.17, 15) is 24.1 Å². The number of nitrogens with one attached hydrogen (secondary N) is 1. The Morgan fingerprint density at radius 3 is 2.33 bits per heavy atom. The zero-order valence-electron chi connectivity index (χ0n) is 15.1. The number of amides is 1. The SMILES string of the molecule is Cc1cc(C(=O)O[C@@H](C)C(=O)N[C@H](C)c2ccc(F)cc2)ccc1[N+](=O)[O-]. The summed E-state index contributed by atoms with van der Waals surface area (Å²) in [5.74, 6) is -1.65. The summed E-state index contributed by atoms with van der Waals surface area (Å²) in [5.41, 5.74) is 1.03. The summed E-state index contributed by atoms with van der Waals surface area (Å²) in [4.78, 5) is 34.7. The second kappa shape index (κ2) is 8.39. The van der Waals surface area contributed by atoms with Crippen molar-refractivity contribution in [2.45, 2.75) is 32.9 Å². The molecule has 0 fully saturated rings. The lowest BCUT2D eigenvalue weighted by Gasteiger charge is -2.18. The van der Waals surface area contributed by atoms with Crippen LogP contribution >= 0.6 is 0 Å². The summed E-state index contributed by atoms with van der Waals surface area (Å²) in [5, 5.41) is 13.5. The molecule has 142 valence electrons. The van der Waals surface area contributed by atoms with Crippen LogP contribution in [0.25, 0.3) is 0 Å². The average molecular weight is 374 g/mol. The lowest BCUT2D eigenvalue weighted by atomic mass is 10.1. The van der Waals surface area contributed by atoms with Crippen LogP contribution in [-0.2, 0) is 9.53 Å². The highest BCUT2D eigenvalue weighted by atomic mass is 19.1. The lowest BCUT2D eigenvalue weighted by molar-refractivity contribution is -0.385. The molecular weight excluding hydrogens is 355 g/mol. The molecule has 2 aromatic rings. The predicted molar refractivity (Wildman–Crippen MR) is 95.7 cm³/mol. The smallest absolute Gasteiger partial charge is 0.338 e. The van der Waals surface area contributed by atoms with Crippen molar-refractivity contribution >= 4 is 17.6 Å². The molecule has 0 aliphatic heterocycles. The number of aryl methyl sites for hydroxylation is 1. The van der Waals surface area contributed by atoms with Gasteiger partial charge in [-0.15, -0.1) is 0 Å². The van der Waals surface area contributed by atoms with Gasteiger partial charge in [0, 0.05) is 11.6 Å². The molecule has 7 nitrogen and oxygen atoms in total. The molecular formula is C19H19FN2O5. The fraction of sp³-hybridized carbons (Fsp3) is 0.263. The van der Waals surface area contributed by atoms with E-state index in [1.54, 1.807) is 19.1 Å². The maximum atomic E-state index is 13.0. The Hall–Kier alpha value is -3.29. The highest BCUT2D eigenvalue weighted by Gasteiger charge is 2.22. The molecule has 0 bridgehead atoms. The standard InChI is InChI=1S/C19H19FN2O5/c1-11-10-15(6-9-17(11)22(25)26)19(24)27-13(3)18(23)21-12(2)14-4-7-16(20)8-5-14/h4-10,12-13H,1-3H3,(H,21,23)/t12-,13+/m1/s1. The number of hydrogen-bond donors (Lipinski definition) is 1. The van der Waals surface area contributed by atoms with Gasteiger partial charge in [-0.3, -0.25) is 14.9 Å². The first kappa shape index (κ1) is 20.0. The molecule has 1 amide bonds. The second-order valence-corrected chi connectivity index (χ2v) is 6.09. The number of nitro benzene ring substituents is 1. The quantitative estimate of drug-likeness (QED) is 0.474. The van der Waals surface area contributed by atoms with Crippen LogP contribution in [0.15, 0.2) is 42.5 Å². The molecule has 0 aromatic heterocycles. The minimum Gasteiger partial charge on any atom is -0.449 e. The number of halogens is 1. The summed E-state index contributed by atoms with van der Waals surface area (Å²) in [6, 6.07) is 9.11. The van der Waals surface area contributed by atoms with E-state index in [0.29, 0.717) is 11.1 Å². The van der Waals surface area contributed by atoms with E-state index in [1.165, 1.54) is 44.2 Å². The van der Waals surface area contributed by atoms with Gasteiger partial charge in [-0.05, 0) is 50.6 Å². The minimum atomic E-state index is -1.07. The Kier molecular flexibility index (Phi) is 6.23. The summed E-state index contributed by atoms with van der Waals surface area (Å²) in [6.07, 6.45) is -1.07. The van der Waals surface area contributed by atoms with Crippen LogP contribution in [0.5, 0.6) is 0 Å². The first-order chi connectivity index (χ1) is 12.7. The molecule has 0 heterocycles. The fourth-order valence-electron chi connectivity index (χ4n) is 2.43. The Morgan fingerprint density at radius 2 is 1.78 bits per heavy atom. The first-order valence-electron chi connectivity index (χ1n) is 8.21. The first-order valence-corrected chi connectivity index (χ1v) is 8.21. The molecule has 2 aromatic carbocycles. The van der Waals surface area contributed by atoms with Crippen LogP contribution in [-0.4, -0.2) is 22.9 Å². The van der Waals surface area contributed by atoms with Crippen molar-refractivity contribution in [3.63, 3.8) is 0 Å². The van der Waals surface area contributed by atoms with Crippen molar-refractivity contribution in [1.82, 2.24) is 5.32 Å². The highest BCUT2D eigenvalue weighted by molar-refractivity contribution is 5.92. The zero-order valence-corrected chi connectivity index (χ0v) is 15.1. The van der Waals surface area contributed by atoms with E-state index in [1.807, 2.05) is 0 Å². The van der Waals surface area contributed by atoms with E-state index in [-0.39, 0.29) is 17.1 Å². The van der Waals surface area contributed by atoms with Crippen molar-refractivity contribution in [2.75, 3.05) is 0 Å². The van der Waals surface area contributed by atoms with Gasteiger partial charge in [-0.2, -0.15) is 0 Å². The van der Waals surface area contributed by atoms with Gasteiger partial charge < -0.3 is 10.1 Å². The number of rotatable bonds is 6. The number of benzene rings is 2. The maximum Gasteiger partial charge on any atom is 0.338 e. The molecule has 0 radical (unpaired) electrons. The number of nitrogens with zero attached hydrogens (tertiary/aromatic N) is 1. The Bertz CT molecular complexity index is 867. The van der Waals surface area contributed by atoms with Crippen molar-refractivity contribution in [3.05, 3.63) is 75.1 Å². The molecule has 8 heteroatoms. The van der Waals surface area contributed by atoms with Crippen LogP contribution in [0.1, 0.15) is 41.4 Å². The van der Waals surface area contributed by atoms with Crippen LogP contribution < -0.4 is 5.32 Å². The summed E-state index contributed by atoms with van der Waals surface area (Å²) in [7, 11) is 0. The lowest BCUT2D eigenvalue weighted by Crippen LogP contribution is -2.37. The Morgan fingerprint density at radius 1 is 1.15 bits per heavy atom. The van der Waals surface area contributed by atoms with E-state index < -0.39 is 28.9 Å². The minimum absolute atomic E-state index is 0.106. The second-order valence-electron chi connectivity index (χ2n) is 6.09. The van der Waals surface area contributed by atoms with E-state index >= 15 is 0 Å². The summed E-state index contributed by atoms with van der Waals surface area (Å²) >= 11 is 0. The molecule has 0 saturated carbocycles. The molecule has 1 N–H and O–H groups in total. The van der Waals surface area contributed by atoms with Gasteiger partial charge in [0.2, 0.25) is 0 Å². The van der Waals surface area contributed by atoms with Crippen LogP contribution in [0.2, 0.25) is 0 Å². The average Bonchev–Trinajstić information content (AvgIpc) is 2.61. The van der Waals surface area contributed by atoms with Crippen LogP contribution in [0.4, 0.5) is 10.1 Å². The third kappa shape index (κ3) is 5.10. The topological polar surface area (TPSA) is 98.5 Å². The predicted octanol–water partition coefficient (Wildman–Crippen LogP) is 3.47. The van der Waals surface area contributed by atoms with Gasteiger partial charge in [0.1, 0.15) is 5.82 Å². The van der Waals surface area contributed by atoms with Gasteiger partial charge in [0.15, 0.2) is 6.10 Å². The van der Waals surface area contributed by atoms with Gasteiger partial charge in [0.05, 0.1) is 16.5 Å². The molecule has 0 aliphatic carbocycles. The fourth-order valence-corrected chi connectivity index (χ4v) is 2.43. The van der Waals surface area contributed by atoms with Gasteiger partial charge in [0.25, 0.3) is 11.6 Å². The molecule has 27 heavy (non-hydrogen) atoms. The third-order valence-corrected chi connectivity index (χ3v) is 4.01. The summed E-state index contributed by atoms with van der Waals surface area (Å²) < 4.78 is 18.1. The molecule has 0 saturated heterocycles. The number of carbonyl (C=O) groups excluding carboxylic acids is 2. The van der Waals surface area contributed by atoms with Crippen molar-refractivity contribution in [1.29, 1.82) is 0 Å². The Labute approximate surface area is 155 Å². The number of ether oxygens (including phenoxy) is 1. The van der Waals surface area contributed by atoms with Crippen LogP contribution in [0, 0.1) is 22.9 Å². The van der Waals surface area contributed by atoms with E-state index in [4.69, 9.17) is 4.74 Å². The monoisotopic (exact) mass is 374 g/mol. The normalized spacial score (nSPS) is 12.7. The summed E-state index contributed by atoms with van der Waals surface area (Å²) in [6.45, 7) is 4.65. The number of hydrogen-bond acceptors (Lipinski definition) is 5. The largest absolute Gasteiger partial charge is 0.449 e. The van der Waals surface area contributed by atoms with Crippen molar-refractivity contribution in [2.24, 2.45) is 0 Å². The van der Waals surface area contributed by atoms with Gasteiger partial charge >= 0.3 is 5.97 Å².